The predicted molar refractivity (Wildman–Crippen MR) is 86.4 cm³/mol. The monoisotopic (exact) mass is 352 g/mol. The number of hydrogen-bond acceptors (Lipinski definition) is 5. The molecule has 120 valence electrons. The average Bonchev–Trinajstić information content (AvgIpc) is 2.53. The van der Waals surface area contributed by atoms with Crippen LogP contribution in [0.1, 0.15) is 24.8 Å². The third-order valence-corrected chi connectivity index (χ3v) is 4.17. The van der Waals surface area contributed by atoms with E-state index in [9.17, 15) is 10.1 Å². The van der Waals surface area contributed by atoms with Crippen molar-refractivity contribution in [3.05, 3.63) is 56.6 Å². The molecule has 1 aromatic rings. The number of nitrogens with zero attached hydrogens (tertiary/aromatic N) is 1. The quantitative estimate of drug-likeness (QED) is 0.839. The van der Waals surface area contributed by atoms with Gasteiger partial charge in [-0.05, 0) is 12.1 Å². The number of benzene rings is 1. The Bertz CT molecular complexity index is 743. The normalized spacial score (nSPS) is 17.6. The van der Waals surface area contributed by atoms with Crippen molar-refractivity contribution in [3.8, 4) is 6.07 Å². The van der Waals surface area contributed by atoms with Crippen molar-refractivity contribution in [2.24, 2.45) is 5.73 Å². The van der Waals surface area contributed by atoms with Crippen LogP contribution in [0, 0.1) is 11.3 Å². The van der Waals surface area contributed by atoms with Crippen molar-refractivity contribution < 1.29 is 14.3 Å². The topological polar surface area (TPSA) is 85.3 Å². The maximum Gasteiger partial charge on any atom is 0.338 e. The summed E-state index contributed by atoms with van der Waals surface area (Å²) in [6.45, 7) is 1.80. The van der Waals surface area contributed by atoms with E-state index in [2.05, 4.69) is 0 Å². The van der Waals surface area contributed by atoms with E-state index >= 15 is 0 Å². The minimum absolute atomic E-state index is 0.0672. The van der Waals surface area contributed by atoms with Gasteiger partial charge in [0.15, 0.2) is 0 Å². The van der Waals surface area contributed by atoms with Crippen LogP contribution in [-0.2, 0) is 14.3 Å². The van der Waals surface area contributed by atoms with Gasteiger partial charge in [-0.3, -0.25) is 0 Å². The highest BCUT2D eigenvalue weighted by Crippen LogP contribution is 2.45. The number of rotatable bonds is 3. The molecule has 1 atom stereocenters. The van der Waals surface area contributed by atoms with Crippen molar-refractivity contribution in [1.82, 2.24) is 0 Å². The third-order valence-electron chi connectivity index (χ3n) is 3.51. The lowest BCUT2D eigenvalue weighted by molar-refractivity contribution is -0.136. The van der Waals surface area contributed by atoms with E-state index in [1.54, 1.807) is 25.1 Å². The van der Waals surface area contributed by atoms with Crippen LogP contribution in [0.25, 0.3) is 0 Å². The molecule has 1 heterocycles. The molecular weight excluding hydrogens is 339 g/mol. The highest BCUT2D eigenvalue weighted by molar-refractivity contribution is 6.36. The van der Waals surface area contributed by atoms with Gasteiger partial charge in [0.05, 0.1) is 18.6 Å². The zero-order valence-corrected chi connectivity index (χ0v) is 14.0. The first kappa shape index (κ1) is 17.2. The van der Waals surface area contributed by atoms with Crippen molar-refractivity contribution in [2.75, 3.05) is 7.11 Å². The summed E-state index contributed by atoms with van der Waals surface area (Å²) in [4.78, 5) is 12.3. The molecule has 0 radical (unpaired) electrons. The van der Waals surface area contributed by atoms with Gasteiger partial charge in [0.2, 0.25) is 5.88 Å². The Labute approximate surface area is 143 Å². The summed E-state index contributed by atoms with van der Waals surface area (Å²) in [5.41, 5.74) is 6.51. The molecule has 0 unspecified atom stereocenters. The molecule has 0 aromatic heterocycles. The molecule has 0 bridgehead atoms. The van der Waals surface area contributed by atoms with Crippen LogP contribution >= 0.6 is 23.2 Å². The van der Waals surface area contributed by atoms with Crippen LogP contribution in [0.5, 0.6) is 0 Å². The van der Waals surface area contributed by atoms with Gasteiger partial charge in [-0.1, -0.05) is 36.2 Å². The SMILES string of the molecule is CCC1=C(C(=O)OC)[C@@H](c2c(Cl)cccc2Cl)C(C#N)=C(N)O1. The van der Waals surface area contributed by atoms with E-state index < -0.39 is 11.9 Å². The standard InChI is InChI=1S/C16H14Cl2N2O3/c1-3-11-14(16(21)22-2)12(8(7-19)15(20)23-11)13-9(17)5-4-6-10(13)18/h4-6,12H,3,20H2,1-2H3/t12-/m1/s1. The number of methoxy groups -OCH3 is 1. The predicted octanol–water partition coefficient (Wildman–Crippen LogP) is 3.64. The van der Waals surface area contributed by atoms with Crippen LogP contribution in [0.3, 0.4) is 0 Å². The fraction of sp³-hybridized carbons (Fsp3) is 0.250. The zero-order valence-electron chi connectivity index (χ0n) is 12.5. The number of carbonyl (C=O) groups is 1. The number of carbonyl (C=O) groups excluding carboxylic acids is 1. The average molecular weight is 353 g/mol. The molecule has 7 heteroatoms. The minimum Gasteiger partial charge on any atom is -0.466 e. The Morgan fingerprint density at radius 1 is 1.43 bits per heavy atom. The smallest absolute Gasteiger partial charge is 0.338 e. The Kier molecular flexibility index (Phi) is 5.19. The summed E-state index contributed by atoms with van der Waals surface area (Å²) < 4.78 is 10.3. The Morgan fingerprint density at radius 2 is 2.04 bits per heavy atom. The molecule has 0 spiro atoms. The van der Waals surface area contributed by atoms with Gasteiger partial charge in [-0.15, -0.1) is 0 Å². The number of allylic oxidation sites excluding steroid dienone is 2. The second-order valence-electron chi connectivity index (χ2n) is 4.74. The molecule has 1 aromatic carbocycles. The third kappa shape index (κ3) is 3.00. The highest BCUT2D eigenvalue weighted by Gasteiger charge is 2.38. The number of hydrogen-bond donors (Lipinski definition) is 1. The van der Waals surface area contributed by atoms with E-state index in [0.29, 0.717) is 27.8 Å². The van der Waals surface area contributed by atoms with E-state index in [1.165, 1.54) is 7.11 Å². The summed E-state index contributed by atoms with van der Waals surface area (Å²) in [5, 5.41) is 10.1. The van der Waals surface area contributed by atoms with E-state index in [0.717, 1.165) is 0 Å². The molecule has 2 rings (SSSR count). The van der Waals surface area contributed by atoms with Crippen LogP contribution in [-0.4, -0.2) is 13.1 Å². The number of halogens is 2. The molecule has 5 nitrogen and oxygen atoms in total. The fourth-order valence-corrected chi connectivity index (χ4v) is 3.11. The summed E-state index contributed by atoms with van der Waals surface area (Å²) in [5.74, 6) is -1.20. The van der Waals surface area contributed by atoms with Gasteiger partial charge in [0.1, 0.15) is 17.4 Å². The summed E-state index contributed by atoms with van der Waals surface area (Å²) in [6.07, 6.45) is 0.391. The molecule has 1 aliphatic heterocycles. The van der Waals surface area contributed by atoms with Crippen LogP contribution in [0.2, 0.25) is 10.0 Å². The lowest BCUT2D eigenvalue weighted by Gasteiger charge is -2.28. The zero-order chi connectivity index (χ0) is 17.1. The first-order valence-corrected chi connectivity index (χ1v) is 7.54. The van der Waals surface area contributed by atoms with Gasteiger partial charge in [-0.2, -0.15) is 5.26 Å². The largest absolute Gasteiger partial charge is 0.466 e. The van der Waals surface area contributed by atoms with Gasteiger partial charge < -0.3 is 15.2 Å². The number of esters is 1. The Morgan fingerprint density at radius 3 is 2.52 bits per heavy atom. The van der Waals surface area contributed by atoms with Gasteiger partial charge >= 0.3 is 5.97 Å². The number of nitriles is 1. The van der Waals surface area contributed by atoms with E-state index in [-0.39, 0.29) is 17.0 Å². The first-order valence-electron chi connectivity index (χ1n) is 6.79. The number of nitrogens with two attached hydrogens (primary N) is 1. The summed E-state index contributed by atoms with van der Waals surface area (Å²) in [7, 11) is 1.25. The molecule has 2 N–H and O–H groups in total. The summed E-state index contributed by atoms with van der Waals surface area (Å²) >= 11 is 12.5. The fourth-order valence-electron chi connectivity index (χ4n) is 2.49. The van der Waals surface area contributed by atoms with Gasteiger partial charge in [0.25, 0.3) is 0 Å². The van der Waals surface area contributed by atoms with Crippen molar-refractivity contribution in [3.63, 3.8) is 0 Å². The van der Waals surface area contributed by atoms with Crippen LogP contribution < -0.4 is 5.73 Å². The van der Waals surface area contributed by atoms with Crippen LogP contribution in [0.4, 0.5) is 0 Å². The Hall–Kier alpha value is -2.16. The Balaban J connectivity index is 2.80. The molecule has 0 aliphatic carbocycles. The molecule has 0 fully saturated rings. The maximum atomic E-state index is 12.3. The van der Waals surface area contributed by atoms with Gasteiger partial charge in [-0.25, -0.2) is 4.79 Å². The minimum atomic E-state index is -0.836. The van der Waals surface area contributed by atoms with Crippen molar-refractivity contribution in [2.45, 2.75) is 19.3 Å². The maximum absolute atomic E-state index is 12.3. The first-order chi connectivity index (χ1) is 11.0. The van der Waals surface area contributed by atoms with E-state index in [4.69, 9.17) is 38.4 Å². The molecule has 0 amide bonds. The lowest BCUT2D eigenvalue weighted by Crippen LogP contribution is -2.26. The molecule has 0 saturated carbocycles. The molecule has 1 aliphatic rings. The lowest BCUT2D eigenvalue weighted by atomic mass is 9.82. The number of ether oxygens (including phenoxy) is 2. The van der Waals surface area contributed by atoms with Crippen LogP contribution in [0.15, 0.2) is 41.0 Å². The van der Waals surface area contributed by atoms with E-state index in [1.807, 2.05) is 6.07 Å². The second-order valence-corrected chi connectivity index (χ2v) is 5.56. The van der Waals surface area contributed by atoms with Crippen molar-refractivity contribution in [1.29, 1.82) is 5.26 Å². The van der Waals surface area contributed by atoms with Crippen molar-refractivity contribution >= 4 is 29.2 Å². The van der Waals surface area contributed by atoms with Gasteiger partial charge in [0, 0.05) is 22.0 Å². The molecule has 23 heavy (non-hydrogen) atoms. The molecular formula is C16H14Cl2N2O3. The second kappa shape index (κ2) is 6.95. The highest BCUT2D eigenvalue weighted by atomic mass is 35.5. The molecule has 0 saturated heterocycles. The summed E-state index contributed by atoms with van der Waals surface area (Å²) in [6, 6.07) is 6.91.